The number of nitrogens with one attached hydrogen (secondary N) is 1. The van der Waals surface area contributed by atoms with E-state index in [1.165, 1.54) is 18.3 Å². The van der Waals surface area contributed by atoms with Crippen LogP contribution >= 0.6 is 0 Å². The quantitative estimate of drug-likeness (QED) is 0.540. The largest absolute Gasteiger partial charge is 0.483 e. The van der Waals surface area contributed by atoms with Gasteiger partial charge in [-0.3, -0.25) is 4.79 Å². The average molecular weight is 348 g/mol. The number of hydrogen-bond donors (Lipinski definition) is 1. The van der Waals surface area contributed by atoms with Gasteiger partial charge in [-0.05, 0) is 29.3 Å². The number of hydrazone groups is 1. The highest BCUT2D eigenvalue weighted by molar-refractivity contribution is 5.83. The summed E-state index contributed by atoms with van der Waals surface area (Å²) in [5, 5.41) is 3.80. The minimum absolute atomic E-state index is 0.176. The van der Waals surface area contributed by atoms with E-state index >= 15 is 0 Å². The van der Waals surface area contributed by atoms with E-state index in [1.54, 1.807) is 12.1 Å². The predicted octanol–water partition coefficient (Wildman–Crippen LogP) is 4.02. The molecule has 0 unspecified atom stereocenters. The molecule has 1 amide bonds. The molecule has 3 rings (SSSR count). The smallest absolute Gasteiger partial charge is 0.277 e. The molecular formula is C21H17FN2O2. The van der Waals surface area contributed by atoms with Crippen molar-refractivity contribution < 1.29 is 13.9 Å². The Morgan fingerprint density at radius 2 is 1.77 bits per heavy atom. The van der Waals surface area contributed by atoms with Crippen LogP contribution in [0.15, 0.2) is 84.0 Å². The second-order valence-corrected chi connectivity index (χ2v) is 5.50. The lowest BCUT2D eigenvalue weighted by molar-refractivity contribution is -0.123. The normalized spacial score (nSPS) is 10.7. The third kappa shape index (κ3) is 4.77. The van der Waals surface area contributed by atoms with Gasteiger partial charge in [0.05, 0.1) is 6.21 Å². The summed E-state index contributed by atoms with van der Waals surface area (Å²) < 4.78 is 18.7. The van der Waals surface area contributed by atoms with Crippen molar-refractivity contribution >= 4 is 12.1 Å². The number of ether oxygens (including phenoxy) is 1. The Morgan fingerprint density at radius 1 is 1.00 bits per heavy atom. The van der Waals surface area contributed by atoms with Crippen LogP contribution in [0.2, 0.25) is 0 Å². The zero-order valence-electron chi connectivity index (χ0n) is 13.9. The highest BCUT2D eigenvalue weighted by Gasteiger charge is 2.07. The molecule has 26 heavy (non-hydrogen) atoms. The number of benzene rings is 3. The zero-order valence-corrected chi connectivity index (χ0v) is 13.9. The molecule has 3 aromatic rings. The molecule has 0 heterocycles. The van der Waals surface area contributed by atoms with E-state index in [9.17, 15) is 9.18 Å². The molecule has 0 saturated heterocycles. The van der Waals surface area contributed by atoms with Crippen LogP contribution in [0.4, 0.5) is 4.39 Å². The topological polar surface area (TPSA) is 50.7 Å². The van der Waals surface area contributed by atoms with E-state index in [1.807, 2.05) is 54.6 Å². The number of carbonyl (C=O) groups excluding carboxylic acids is 1. The summed E-state index contributed by atoms with van der Waals surface area (Å²) in [5.74, 6) is -0.149. The van der Waals surface area contributed by atoms with Gasteiger partial charge >= 0.3 is 0 Å². The molecule has 1 N–H and O–H groups in total. The lowest BCUT2D eigenvalue weighted by Gasteiger charge is -2.10. The maximum Gasteiger partial charge on any atom is 0.277 e. The minimum Gasteiger partial charge on any atom is -0.483 e. The first-order chi connectivity index (χ1) is 12.7. The van der Waals surface area contributed by atoms with Gasteiger partial charge in [-0.25, -0.2) is 9.82 Å². The maximum atomic E-state index is 13.1. The minimum atomic E-state index is -0.402. The van der Waals surface area contributed by atoms with Crippen LogP contribution in [0.1, 0.15) is 5.56 Å². The van der Waals surface area contributed by atoms with Crippen molar-refractivity contribution in [3.05, 3.63) is 90.2 Å². The van der Waals surface area contributed by atoms with Gasteiger partial charge in [-0.15, -0.1) is 0 Å². The van der Waals surface area contributed by atoms with Gasteiger partial charge < -0.3 is 4.74 Å². The fourth-order valence-corrected chi connectivity index (χ4v) is 2.39. The zero-order chi connectivity index (χ0) is 18.2. The van der Waals surface area contributed by atoms with E-state index in [2.05, 4.69) is 10.5 Å². The van der Waals surface area contributed by atoms with E-state index in [4.69, 9.17) is 4.74 Å². The summed E-state index contributed by atoms with van der Waals surface area (Å²) in [5.41, 5.74) is 4.83. The molecule has 0 aromatic heterocycles. The van der Waals surface area contributed by atoms with Crippen molar-refractivity contribution in [1.82, 2.24) is 5.43 Å². The number of halogens is 1. The van der Waals surface area contributed by atoms with Crippen molar-refractivity contribution in [2.45, 2.75) is 0 Å². The Morgan fingerprint density at radius 3 is 2.58 bits per heavy atom. The molecule has 0 atom stereocenters. The fourth-order valence-electron chi connectivity index (χ4n) is 2.39. The second kappa shape index (κ2) is 8.58. The molecule has 0 saturated carbocycles. The first-order valence-electron chi connectivity index (χ1n) is 8.07. The van der Waals surface area contributed by atoms with Gasteiger partial charge in [0.2, 0.25) is 0 Å². The first-order valence-corrected chi connectivity index (χ1v) is 8.07. The highest BCUT2D eigenvalue weighted by atomic mass is 19.1. The molecule has 0 fully saturated rings. The lowest BCUT2D eigenvalue weighted by atomic mass is 10.1. The van der Waals surface area contributed by atoms with Crippen LogP contribution in [-0.4, -0.2) is 18.7 Å². The summed E-state index contributed by atoms with van der Waals surface area (Å²) >= 11 is 0. The van der Waals surface area contributed by atoms with Crippen molar-refractivity contribution in [1.29, 1.82) is 0 Å². The molecule has 130 valence electrons. The molecule has 0 aliphatic heterocycles. The van der Waals surface area contributed by atoms with Gasteiger partial charge in [-0.1, -0.05) is 60.7 Å². The maximum absolute atomic E-state index is 13.1. The van der Waals surface area contributed by atoms with E-state index in [-0.39, 0.29) is 12.4 Å². The van der Waals surface area contributed by atoms with Crippen LogP contribution < -0.4 is 10.2 Å². The molecule has 3 aromatic carbocycles. The Kier molecular flexibility index (Phi) is 5.72. The van der Waals surface area contributed by atoms with E-state index in [0.717, 1.165) is 11.1 Å². The molecule has 0 aliphatic carbocycles. The van der Waals surface area contributed by atoms with E-state index in [0.29, 0.717) is 11.3 Å². The first kappa shape index (κ1) is 17.4. The van der Waals surface area contributed by atoms with Gasteiger partial charge in [0.1, 0.15) is 11.6 Å². The van der Waals surface area contributed by atoms with Crippen molar-refractivity contribution in [2.24, 2.45) is 5.10 Å². The van der Waals surface area contributed by atoms with Crippen molar-refractivity contribution in [2.75, 3.05) is 6.61 Å². The second-order valence-electron chi connectivity index (χ2n) is 5.50. The number of rotatable bonds is 6. The summed E-state index contributed by atoms with van der Waals surface area (Å²) in [6.07, 6.45) is 1.37. The molecular weight excluding hydrogens is 331 g/mol. The monoisotopic (exact) mass is 348 g/mol. The Balaban J connectivity index is 1.58. The summed E-state index contributed by atoms with van der Waals surface area (Å²) in [7, 11) is 0. The fraction of sp³-hybridized carbons (Fsp3) is 0.0476. The van der Waals surface area contributed by atoms with Crippen LogP contribution in [0.25, 0.3) is 11.1 Å². The Labute approximate surface area is 150 Å². The molecule has 5 heteroatoms. The van der Waals surface area contributed by atoms with Gasteiger partial charge in [0.25, 0.3) is 5.91 Å². The summed E-state index contributed by atoms with van der Waals surface area (Å²) in [6.45, 7) is -0.176. The third-order valence-corrected chi connectivity index (χ3v) is 3.58. The SMILES string of the molecule is O=C(COc1ccccc1-c1ccccc1)N/N=C\c1cccc(F)c1. The molecule has 0 bridgehead atoms. The number of para-hydroxylation sites is 1. The van der Waals surface area contributed by atoms with E-state index < -0.39 is 5.91 Å². The van der Waals surface area contributed by atoms with Crippen LogP contribution in [0.5, 0.6) is 5.75 Å². The molecule has 0 spiro atoms. The number of amides is 1. The highest BCUT2D eigenvalue weighted by Crippen LogP contribution is 2.29. The number of carbonyl (C=O) groups is 1. The van der Waals surface area contributed by atoms with Crippen molar-refractivity contribution in [3.63, 3.8) is 0 Å². The predicted molar refractivity (Wildman–Crippen MR) is 99.5 cm³/mol. The van der Waals surface area contributed by atoms with Crippen LogP contribution in [0.3, 0.4) is 0 Å². The van der Waals surface area contributed by atoms with Gasteiger partial charge in [-0.2, -0.15) is 5.10 Å². The molecule has 0 aliphatic rings. The third-order valence-electron chi connectivity index (χ3n) is 3.58. The number of hydrogen-bond acceptors (Lipinski definition) is 3. The Hall–Kier alpha value is -3.47. The molecule has 4 nitrogen and oxygen atoms in total. The van der Waals surface area contributed by atoms with Gasteiger partial charge in [0, 0.05) is 5.56 Å². The summed E-state index contributed by atoms with van der Waals surface area (Å²) in [6, 6.07) is 23.2. The van der Waals surface area contributed by atoms with Crippen LogP contribution in [-0.2, 0) is 4.79 Å². The molecule has 0 radical (unpaired) electrons. The van der Waals surface area contributed by atoms with Gasteiger partial charge in [0.15, 0.2) is 6.61 Å². The Bertz CT molecular complexity index is 911. The summed E-state index contributed by atoms with van der Waals surface area (Å²) in [4.78, 5) is 11.9. The standard InChI is InChI=1S/C21H17FN2O2/c22-18-10-6-7-16(13-18)14-23-24-21(25)15-26-20-12-5-4-11-19(20)17-8-2-1-3-9-17/h1-14H,15H2,(H,24,25)/b23-14-. The van der Waals surface area contributed by atoms with Crippen LogP contribution in [0, 0.1) is 5.82 Å². The van der Waals surface area contributed by atoms with Crippen molar-refractivity contribution in [3.8, 4) is 16.9 Å². The number of nitrogens with zero attached hydrogens (tertiary/aromatic N) is 1. The average Bonchev–Trinajstić information content (AvgIpc) is 2.67. The lowest BCUT2D eigenvalue weighted by Crippen LogP contribution is -2.24.